The molecule has 1 aromatic rings. The zero-order valence-corrected chi connectivity index (χ0v) is 10.1. The van der Waals surface area contributed by atoms with Crippen LogP contribution >= 0.6 is 0 Å². The van der Waals surface area contributed by atoms with Crippen molar-refractivity contribution in [2.45, 2.75) is 13.0 Å². The molecule has 1 fully saturated rings. The molecule has 5 heteroatoms. The number of piperazine rings is 1. The molecule has 92 valence electrons. The molecule has 1 aliphatic heterocycles. The maximum absolute atomic E-state index is 10.9. The summed E-state index contributed by atoms with van der Waals surface area (Å²) >= 11 is 0. The Morgan fingerprint density at radius 1 is 1.53 bits per heavy atom. The molecule has 0 bridgehead atoms. The predicted molar refractivity (Wildman–Crippen MR) is 65.5 cm³/mol. The molecule has 2 heterocycles. The molecule has 0 aliphatic carbocycles. The number of likely N-dealkylation sites (N-methyl/N-ethyl adjacent to an activating group) is 1. The van der Waals surface area contributed by atoms with Crippen LogP contribution in [-0.4, -0.2) is 53.7 Å². The van der Waals surface area contributed by atoms with Crippen LogP contribution < -0.4 is 4.90 Å². The van der Waals surface area contributed by atoms with E-state index in [1.165, 1.54) is 6.07 Å². The summed E-state index contributed by atoms with van der Waals surface area (Å²) in [5, 5.41) is 8.96. The average molecular weight is 235 g/mol. The summed E-state index contributed by atoms with van der Waals surface area (Å²) in [6.45, 7) is 4.96. The van der Waals surface area contributed by atoms with E-state index in [0.717, 1.165) is 25.5 Å². The Kier molecular flexibility index (Phi) is 3.28. The number of rotatable bonds is 2. The van der Waals surface area contributed by atoms with Crippen molar-refractivity contribution in [1.82, 2.24) is 9.88 Å². The van der Waals surface area contributed by atoms with Gasteiger partial charge in [0.1, 0.15) is 5.82 Å². The van der Waals surface area contributed by atoms with E-state index in [1.54, 1.807) is 12.3 Å². The fraction of sp³-hybridized carbons (Fsp3) is 0.500. The molecule has 0 spiro atoms. The lowest BCUT2D eigenvalue weighted by atomic mass is 10.2. The third-order valence-corrected chi connectivity index (χ3v) is 3.12. The Hall–Kier alpha value is -1.62. The number of nitrogens with zero attached hydrogens (tertiary/aromatic N) is 3. The van der Waals surface area contributed by atoms with Crippen LogP contribution in [0.2, 0.25) is 0 Å². The molecule has 1 N–H and O–H groups in total. The van der Waals surface area contributed by atoms with Crippen LogP contribution in [0.3, 0.4) is 0 Å². The zero-order chi connectivity index (χ0) is 12.4. The van der Waals surface area contributed by atoms with Gasteiger partial charge in [0.05, 0.1) is 5.56 Å². The zero-order valence-electron chi connectivity index (χ0n) is 10.1. The first kappa shape index (κ1) is 11.9. The smallest absolute Gasteiger partial charge is 0.335 e. The summed E-state index contributed by atoms with van der Waals surface area (Å²) in [7, 11) is 2.09. The first-order valence-electron chi connectivity index (χ1n) is 5.72. The van der Waals surface area contributed by atoms with Gasteiger partial charge in [-0.05, 0) is 26.1 Å². The number of anilines is 1. The minimum Gasteiger partial charge on any atom is -0.478 e. The fourth-order valence-electron chi connectivity index (χ4n) is 2.19. The second-order valence-corrected chi connectivity index (χ2v) is 4.51. The van der Waals surface area contributed by atoms with Gasteiger partial charge in [-0.2, -0.15) is 0 Å². The molecule has 2 rings (SSSR count). The molecule has 1 saturated heterocycles. The SMILES string of the molecule is CC1CN(C)CCN1c1cc(C(=O)O)ccn1. The van der Waals surface area contributed by atoms with E-state index in [9.17, 15) is 4.79 Å². The first-order valence-corrected chi connectivity index (χ1v) is 5.72. The van der Waals surface area contributed by atoms with Gasteiger partial charge in [0.15, 0.2) is 0 Å². The van der Waals surface area contributed by atoms with Crippen LogP contribution in [0.15, 0.2) is 18.3 Å². The quantitative estimate of drug-likeness (QED) is 0.826. The minimum atomic E-state index is -0.907. The number of carboxylic acid groups (broad SMARTS) is 1. The third-order valence-electron chi connectivity index (χ3n) is 3.12. The number of aromatic nitrogens is 1. The van der Waals surface area contributed by atoms with E-state index in [0.29, 0.717) is 11.6 Å². The van der Waals surface area contributed by atoms with Gasteiger partial charge in [-0.15, -0.1) is 0 Å². The van der Waals surface area contributed by atoms with Crippen LogP contribution in [0.5, 0.6) is 0 Å². The molecule has 17 heavy (non-hydrogen) atoms. The van der Waals surface area contributed by atoms with E-state index in [1.807, 2.05) is 0 Å². The van der Waals surface area contributed by atoms with E-state index in [4.69, 9.17) is 5.11 Å². The van der Waals surface area contributed by atoms with Crippen LogP contribution in [0.25, 0.3) is 0 Å². The van der Waals surface area contributed by atoms with Crippen molar-refractivity contribution in [2.24, 2.45) is 0 Å². The molecule has 5 nitrogen and oxygen atoms in total. The molecule has 0 aromatic carbocycles. The van der Waals surface area contributed by atoms with Gasteiger partial charge in [0.2, 0.25) is 0 Å². The Bertz CT molecular complexity index is 422. The number of hydrogen-bond donors (Lipinski definition) is 1. The fourth-order valence-corrected chi connectivity index (χ4v) is 2.19. The Balaban J connectivity index is 2.22. The van der Waals surface area contributed by atoms with Gasteiger partial charge in [-0.25, -0.2) is 9.78 Å². The van der Waals surface area contributed by atoms with Gasteiger partial charge in [0, 0.05) is 31.9 Å². The lowest BCUT2D eigenvalue weighted by Gasteiger charge is -2.39. The van der Waals surface area contributed by atoms with Gasteiger partial charge >= 0.3 is 5.97 Å². The summed E-state index contributed by atoms with van der Waals surface area (Å²) in [4.78, 5) is 19.6. The predicted octanol–water partition coefficient (Wildman–Crippen LogP) is 0.920. The highest BCUT2D eigenvalue weighted by molar-refractivity contribution is 5.88. The second-order valence-electron chi connectivity index (χ2n) is 4.51. The number of aromatic carboxylic acids is 1. The van der Waals surface area contributed by atoms with E-state index in [2.05, 4.69) is 28.8 Å². The van der Waals surface area contributed by atoms with Crippen LogP contribution in [0, 0.1) is 0 Å². The first-order chi connectivity index (χ1) is 8.08. The number of hydrogen-bond acceptors (Lipinski definition) is 4. The van der Waals surface area contributed by atoms with Gasteiger partial charge in [-0.1, -0.05) is 0 Å². The molecular formula is C12H17N3O2. The normalized spacial score (nSPS) is 21.5. The number of carboxylic acids is 1. The summed E-state index contributed by atoms with van der Waals surface area (Å²) in [6.07, 6.45) is 1.56. The molecule has 1 aliphatic rings. The van der Waals surface area contributed by atoms with E-state index in [-0.39, 0.29) is 0 Å². The van der Waals surface area contributed by atoms with Crippen molar-refractivity contribution < 1.29 is 9.90 Å². The van der Waals surface area contributed by atoms with E-state index < -0.39 is 5.97 Å². The van der Waals surface area contributed by atoms with Crippen LogP contribution in [0.1, 0.15) is 17.3 Å². The molecule has 1 atom stereocenters. The monoisotopic (exact) mass is 235 g/mol. The van der Waals surface area contributed by atoms with Crippen molar-refractivity contribution >= 4 is 11.8 Å². The van der Waals surface area contributed by atoms with E-state index >= 15 is 0 Å². The van der Waals surface area contributed by atoms with Crippen molar-refractivity contribution in [1.29, 1.82) is 0 Å². The summed E-state index contributed by atoms with van der Waals surface area (Å²) in [5.74, 6) is -0.152. The van der Waals surface area contributed by atoms with Gasteiger partial charge < -0.3 is 14.9 Å². The molecule has 0 saturated carbocycles. The number of carbonyl (C=O) groups is 1. The standard InChI is InChI=1S/C12H17N3O2/c1-9-8-14(2)5-6-15(9)11-7-10(12(16)17)3-4-13-11/h3-4,7,9H,5-6,8H2,1-2H3,(H,16,17). The molecule has 1 unspecified atom stereocenters. The van der Waals surface area contributed by atoms with Crippen LogP contribution in [-0.2, 0) is 0 Å². The maximum Gasteiger partial charge on any atom is 0.335 e. The summed E-state index contributed by atoms with van der Waals surface area (Å²) < 4.78 is 0. The van der Waals surface area contributed by atoms with Crippen molar-refractivity contribution in [3.63, 3.8) is 0 Å². The van der Waals surface area contributed by atoms with Gasteiger partial charge in [0.25, 0.3) is 0 Å². The highest BCUT2D eigenvalue weighted by Crippen LogP contribution is 2.18. The lowest BCUT2D eigenvalue weighted by molar-refractivity contribution is 0.0696. The van der Waals surface area contributed by atoms with Crippen LogP contribution in [0.4, 0.5) is 5.82 Å². The Morgan fingerprint density at radius 3 is 2.94 bits per heavy atom. The Morgan fingerprint density at radius 2 is 2.29 bits per heavy atom. The topological polar surface area (TPSA) is 56.7 Å². The molecule has 0 amide bonds. The average Bonchev–Trinajstić information content (AvgIpc) is 2.29. The second kappa shape index (κ2) is 4.71. The molecule has 1 aromatic heterocycles. The highest BCUT2D eigenvalue weighted by Gasteiger charge is 2.22. The number of pyridine rings is 1. The molecular weight excluding hydrogens is 218 g/mol. The highest BCUT2D eigenvalue weighted by atomic mass is 16.4. The summed E-state index contributed by atoms with van der Waals surface area (Å²) in [5.41, 5.74) is 0.293. The van der Waals surface area contributed by atoms with Gasteiger partial charge in [-0.3, -0.25) is 0 Å². The third kappa shape index (κ3) is 2.55. The van der Waals surface area contributed by atoms with Crippen molar-refractivity contribution in [2.75, 3.05) is 31.6 Å². The maximum atomic E-state index is 10.9. The summed E-state index contributed by atoms with van der Waals surface area (Å²) in [6, 6.07) is 3.52. The minimum absolute atomic E-state index is 0.293. The van der Waals surface area contributed by atoms with Crippen molar-refractivity contribution in [3.05, 3.63) is 23.9 Å². The van der Waals surface area contributed by atoms with Crippen molar-refractivity contribution in [3.8, 4) is 0 Å². The molecule has 0 radical (unpaired) electrons. The largest absolute Gasteiger partial charge is 0.478 e. The lowest BCUT2D eigenvalue weighted by Crippen LogP contribution is -2.50. The Labute approximate surface area is 101 Å².